The topological polar surface area (TPSA) is 29.5 Å². The lowest BCUT2D eigenvalue weighted by molar-refractivity contribution is -0.138. The Balaban J connectivity index is 3.02. The standard InChI is InChI=1S/C6H11F3O2/c7-6(8,9)2-1-4-11-5-3-10/h10H,1-5H2. The molecular formula is C6H11F3O2. The molecule has 0 atom stereocenters. The molecule has 0 aliphatic carbocycles. The normalized spacial score (nSPS) is 12.0. The minimum Gasteiger partial charge on any atom is -0.394 e. The lowest BCUT2D eigenvalue weighted by Crippen LogP contribution is -2.09. The Morgan fingerprint density at radius 1 is 1.18 bits per heavy atom. The molecule has 0 aromatic carbocycles. The van der Waals surface area contributed by atoms with Gasteiger partial charge >= 0.3 is 6.18 Å². The van der Waals surface area contributed by atoms with E-state index >= 15 is 0 Å². The van der Waals surface area contributed by atoms with Gasteiger partial charge in [-0.25, -0.2) is 0 Å². The van der Waals surface area contributed by atoms with Gasteiger partial charge in [0.25, 0.3) is 0 Å². The zero-order chi connectivity index (χ0) is 8.74. The van der Waals surface area contributed by atoms with E-state index in [2.05, 4.69) is 4.74 Å². The summed E-state index contributed by atoms with van der Waals surface area (Å²) in [7, 11) is 0. The summed E-state index contributed by atoms with van der Waals surface area (Å²) in [5.74, 6) is 0. The molecule has 0 saturated carbocycles. The summed E-state index contributed by atoms with van der Waals surface area (Å²) in [6.45, 7) is 0.0178. The van der Waals surface area contributed by atoms with Crippen LogP contribution in [0.3, 0.4) is 0 Å². The smallest absolute Gasteiger partial charge is 0.389 e. The molecule has 0 heterocycles. The molecule has 0 unspecified atom stereocenters. The molecule has 1 N–H and O–H groups in total. The minimum absolute atomic E-state index is 0.0382. The van der Waals surface area contributed by atoms with Crippen LogP contribution in [0.25, 0.3) is 0 Å². The molecule has 0 rings (SSSR count). The highest BCUT2D eigenvalue weighted by molar-refractivity contribution is 4.49. The first-order valence-corrected chi connectivity index (χ1v) is 3.31. The van der Waals surface area contributed by atoms with Gasteiger partial charge in [0, 0.05) is 13.0 Å². The third-order valence-corrected chi connectivity index (χ3v) is 0.985. The van der Waals surface area contributed by atoms with Crippen LogP contribution in [0.2, 0.25) is 0 Å². The highest BCUT2D eigenvalue weighted by Crippen LogP contribution is 2.20. The second kappa shape index (κ2) is 5.37. The van der Waals surface area contributed by atoms with E-state index in [1.165, 1.54) is 0 Å². The van der Waals surface area contributed by atoms with Gasteiger partial charge < -0.3 is 9.84 Å². The van der Waals surface area contributed by atoms with E-state index in [-0.39, 0.29) is 26.2 Å². The van der Waals surface area contributed by atoms with E-state index in [9.17, 15) is 13.2 Å². The molecule has 0 fully saturated rings. The lowest BCUT2D eigenvalue weighted by Gasteiger charge is -2.05. The monoisotopic (exact) mass is 172 g/mol. The van der Waals surface area contributed by atoms with E-state index in [1.807, 2.05) is 0 Å². The van der Waals surface area contributed by atoms with Crippen molar-refractivity contribution in [1.29, 1.82) is 0 Å². The Bertz CT molecular complexity index is 92.3. The van der Waals surface area contributed by atoms with Gasteiger partial charge in [-0.1, -0.05) is 0 Å². The van der Waals surface area contributed by atoms with Gasteiger partial charge in [-0.3, -0.25) is 0 Å². The number of hydrogen-bond donors (Lipinski definition) is 1. The third kappa shape index (κ3) is 9.71. The Hall–Kier alpha value is -0.290. The molecule has 0 aliphatic rings. The number of aliphatic hydroxyl groups excluding tert-OH is 1. The molecule has 2 nitrogen and oxygen atoms in total. The highest BCUT2D eigenvalue weighted by Gasteiger charge is 2.25. The summed E-state index contributed by atoms with van der Waals surface area (Å²) in [6, 6.07) is 0. The van der Waals surface area contributed by atoms with Gasteiger partial charge in [-0.15, -0.1) is 0 Å². The van der Waals surface area contributed by atoms with E-state index in [0.717, 1.165) is 0 Å². The Morgan fingerprint density at radius 3 is 2.27 bits per heavy atom. The fraction of sp³-hybridized carbons (Fsp3) is 1.00. The number of halogens is 3. The minimum atomic E-state index is -4.09. The second-order valence-electron chi connectivity index (χ2n) is 2.05. The highest BCUT2D eigenvalue weighted by atomic mass is 19.4. The van der Waals surface area contributed by atoms with Crippen LogP contribution >= 0.6 is 0 Å². The number of aliphatic hydroxyl groups is 1. The summed E-state index contributed by atoms with van der Waals surface area (Å²) in [4.78, 5) is 0. The van der Waals surface area contributed by atoms with Gasteiger partial charge in [-0.2, -0.15) is 13.2 Å². The predicted molar refractivity (Wildman–Crippen MR) is 33.2 cm³/mol. The Kier molecular flexibility index (Phi) is 5.23. The molecule has 0 aliphatic heterocycles. The van der Waals surface area contributed by atoms with E-state index in [1.54, 1.807) is 0 Å². The molecule has 5 heteroatoms. The number of hydrogen-bond acceptors (Lipinski definition) is 2. The largest absolute Gasteiger partial charge is 0.394 e. The van der Waals surface area contributed by atoms with Crippen LogP contribution in [0.1, 0.15) is 12.8 Å². The number of ether oxygens (including phenoxy) is 1. The van der Waals surface area contributed by atoms with Crippen LogP contribution < -0.4 is 0 Å². The molecule has 0 spiro atoms. The number of rotatable bonds is 5. The van der Waals surface area contributed by atoms with Crippen molar-refractivity contribution in [2.45, 2.75) is 19.0 Å². The summed E-state index contributed by atoms with van der Waals surface area (Å²) >= 11 is 0. The van der Waals surface area contributed by atoms with Gasteiger partial charge in [0.15, 0.2) is 0 Å². The average Bonchev–Trinajstić information content (AvgIpc) is 1.85. The van der Waals surface area contributed by atoms with Crippen LogP contribution in [-0.2, 0) is 4.74 Å². The predicted octanol–water partition coefficient (Wildman–Crippen LogP) is 1.34. The van der Waals surface area contributed by atoms with E-state index < -0.39 is 12.6 Å². The summed E-state index contributed by atoms with van der Waals surface area (Å²) in [6.07, 6.45) is -4.95. The summed E-state index contributed by atoms with van der Waals surface area (Å²) in [5, 5.41) is 8.18. The average molecular weight is 172 g/mol. The van der Waals surface area contributed by atoms with Crippen molar-refractivity contribution < 1.29 is 23.0 Å². The Labute approximate surface area is 63.0 Å². The van der Waals surface area contributed by atoms with Crippen molar-refractivity contribution in [2.24, 2.45) is 0 Å². The van der Waals surface area contributed by atoms with E-state index in [4.69, 9.17) is 5.11 Å². The molecule has 0 saturated heterocycles. The third-order valence-electron chi connectivity index (χ3n) is 0.985. The van der Waals surface area contributed by atoms with Gasteiger partial charge in [0.05, 0.1) is 13.2 Å². The van der Waals surface area contributed by atoms with Crippen molar-refractivity contribution in [3.63, 3.8) is 0 Å². The molecular weight excluding hydrogens is 161 g/mol. The SMILES string of the molecule is OCCOCCCC(F)(F)F. The zero-order valence-electron chi connectivity index (χ0n) is 6.02. The molecule has 0 aromatic heterocycles. The fourth-order valence-corrected chi connectivity index (χ4v) is 0.541. The van der Waals surface area contributed by atoms with Crippen LogP contribution in [-0.4, -0.2) is 31.1 Å². The molecule has 68 valence electrons. The van der Waals surface area contributed by atoms with Crippen LogP contribution in [0.15, 0.2) is 0 Å². The maximum absolute atomic E-state index is 11.5. The maximum Gasteiger partial charge on any atom is 0.389 e. The lowest BCUT2D eigenvalue weighted by atomic mass is 10.3. The van der Waals surface area contributed by atoms with Crippen LogP contribution in [0.4, 0.5) is 13.2 Å². The molecule has 0 aromatic rings. The summed E-state index contributed by atoms with van der Waals surface area (Å²) in [5.41, 5.74) is 0. The molecule has 0 bridgehead atoms. The van der Waals surface area contributed by atoms with Crippen LogP contribution in [0, 0.1) is 0 Å². The summed E-state index contributed by atoms with van der Waals surface area (Å²) < 4.78 is 39.0. The van der Waals surface area contributed by atoms with Crippen molar-refractivity contribution in [3.8, 4) is 0 Å². The molecule has 0 amide bonds. The first-order chi connectivity index (χ1) is 5.06. The van der Waals surface area contributed by atoms with Crippen LogP contribution in [0.5, 0.6) is 0 Å². The zero-order valence-corrected chi connectivity index (χ0v) is 6.02. The van der Waals surface area contributed by atoms with E-state index in [0.29, 0.717) is 0 Å². The van der Waals surface area contributed by atoms with Gasteiger partial charge in [0.2, 0.25) is 0 Å². The van der Waals surface area contributed by atoms with Crippen molar-refractivity contribution >= 4 is 0 Å². The van der Waals surface area contributed by atoms with Crippen molar-refractivity contribution in [3.05, 3.63) is 0 Å². The fourth-order valence-electron chi connectivity index (χ4n) is 0.541. The quantitative estimate of drug-likeness (QED) is 0.634. The van der Waals surface area contributed by atoms with Gasteiger partial charge in [-0.05, 0) is 6.42 Å². The molecule has 11 heavy (non-hydrogen) atoms. The Morgan fingerprint density at radius 2 is 1.82 bits per heavy atom. The second-order valence-corrected chi connectivity index (χ2v) is 2.05. The number of alkyl halides is 3. The molecule has 0 radical (unpaired) electrons. The first kappa shape index (κ1) is 10.7. The maximum atomic E-state index is 11.5. The van der Waals surface area contributed by atoms with Gasteiger partial charge in [0.1, 0.15) is 0 Å². The van der Waals surface area contributed by atoms with Crippen molar-refractivity contribution in [1.82, 2.24) is 0 Å². The first-order valence-electron chi connectivity index (χ1n) is 3.31. The van der Waals surface area contributed by atoms with Crippen molar-refractivity contribution in [2.75, 3.05) is 19.8 Å².